The summed E-state index contributed by atoms with van der Waals surface area (Å²) in [6.07, 6.45) is 5.45. The molecule has 0 bridgehead atoms. The van der Waals surface area contributed by atoms with Crippen LogP contribution in [0.15, 0.2) is 29.7 Å². The second kappa shape index (κ2) is 6.92. The van der Waals surface area contributed by atoms with Gasteiger partial charge in [0.05, 0.1) is 19.1 Å². The molecule has 0 spiro atoms. The number of ether oxygens (including phenoxy) is 2. The van der Waals surface area contributed by atoms with Crippen LogP contribution in [0.4, 0.5) is 10.2 Å². The third kappa shape index (κ3) is 5.18. The molecule has 3 N–H and O–H groups in total. The van der Waals surface area contributed by atoms with E-state index in [9.17, 15) is 12.8 Å². The van der Waals surface area contributed by atoms with Crippen molar-refractivity contribution < 1.29 is 22.3 Å². The molecule has 1 aliphatic carbocycles. The summed E-state index contributed by atoms with van der Waals surface area (Å²) in [5.74, 6) is -0.410. The van der Waals surface area contributed by atoms with Crippen molar-refractivity contribution in [2.45, 2.75) is 13.3 Å². The second-order valence-corrected chi connectivity index (χ2v) is 6.32. The van der Waals surface area contributed by atoms with E-state index in [1.54, 1.807) is 11.8 Å². The first kappa shape index (κ1) is 17.2. The van der Waals surface area contributed by atoms with Crippen molar-refractivity contribution in [3.63, 3.8) is 0 Å². The number of nitrogens with zero attached hydrogens (tertiary/aromatic N) is 2. The lowest BCUT2D eigenvalue weighted by Gasteiger charge is -2.17. The molecular formula is C13H17FN4O4S. The molecule has 1 heterocycles. The fourth-order valence-electron chi connectivity index (χ4n) is 2.06. The van der Waals surface area contributed by atoms with Gasteiger partial charge in [0.25, 0.3) is 10.2 Å². The highest BCUT2D eigenvalue weighted by molar-refractivity contribution is 7.90. The zero-order valence-corrected chi connectivity index (χ0v) is 13.4. The minimum absolute atomic E-state index is 0.137. The molecule has 0 radical (unpaired) electrons. The fourth-order valence-corrected chi connectivity index (χ4v) is 2.47. The Labute approximate surface area is 133 Å². The van der Waals surface area contributed by atoms with Gasteiger partial charge >= 0.3 is 6.01 Å². The Hall–Kier alpha value is -2.20. The minimum Gasteiger partial charge on any atom is -0.501 e. The van der Waals surface area contributed by atoms with Crippen molar-refractivity contribution >= 4 is 16.0 Å². The van der Waals surface area contributed by atoms with Crippen molar-refractivity contribution in [3.8, 4) is 6.01 Å². The Morgan fingerprint density at radius 1 is 1.52 bits per heavy atom. The van der Waals surface area contributed by atoms with Crippen LogP contribution in [0.1, 0.15) is 13.3 Å². The summed E-state index contributed by atoms with van der Waals surface area (Å²) < 4.78 is 47.7. The zero-order valence-electron chi connectivity index (χ0n) is 12.6. The standard InChI is InChI=1S/C13H17FN4O4S/c1-8-3-9(5-10(4-8)21-2)7-22-13-16-6-11(14)12(17-13)18-23(15,19)20/h3,5-6,8H,4,7H2,1-2H3,(H2,15,19,20)(H,16,17,18)/t8-/m0/s1. The van der Waals surface area contributed by atoms with Crippen LogP contribution in [-0.2, 0) is 14.9 Å². The van der Waals surface area contributed by atoms with E-state index in [0.717, 1.165) is 23.9 Å². The van der Waals surface area contributed by atoms with Gasteiger partial charge in [-0.1, -0.05) is 13.0 Å². The van der Waals surface area contributed by atoms with E-state index in [4.69, 9.17) is 14.6 Å². The lowest BCUT2D eigenvalue weighted by molar-refractivity contribution is 0.262. The number of anilines is 1. The maximum atomic E-state index is 13.4. The molecule has 0 saturated carbocycles. The Bertz CT molecular complexity index is 748. The summed E-state index contributed by atoms with van der Waals surface area (Å²) in [5, 5.41) is 4.79. The molecule has 126 valence electrons. The molecule has 23 heavy (non-hydrogen) atoms. The van der Waals surface area contributed by atoms with Crippen molar-refractivity contribution in [2.24, 2.45) is 11.1 Å². The van der Waals surface area contributed by atoms with Gasteiger partial charge in [-0.3, -0.25) is 4.72 Å². The number of halogens is 1. The van der Waals surface area contributed by atoms with E-state index in [1.165, 1.54) is 0 Å². The van der Waals surface area contributed by atoms with Crippen LogP contribution >= 0.6 is 0 Å². The van der Waals surface area contributed by atoms with Gasteiger partial charge in [0, 0.05) is 6.42 Å². The fraction of sp³-hybridized carbons (Fsp3) is 0.385. The summed E-state index contributed by atoms with van der Waals surface area (Å²) in [5.41, 5.74) is 0.856. The first-order valence-electron chi connectivity index (χ1n) is 6.68. The molecule has 2 rings (SSSR count). The van der Waals surface area contributed by atoms with Crippen LogP contribution in [0, 0.1) is 11.7 Å². The van der Waals surface area contributed by atoms with Crippen molar-refractivity contribution in [3.05, 3.63) is 35.5 Å². The van der Waals surface area contributed by atoms with E-state index in [2.05, 4.69) is 9.97 Å². The van der Waals surface area contributed by atoms with Crippen LogP contribution in [0.5, 0.6) is 6.01 Å². The highest BCUT2D eigenvalue weighted by Crippen LogP contribution is 2.23. The van der Waals surface area contributed by atoms with Crippen LogP contribution in [-0.4, -0.2) is 32.1 Å². The molecular weight excluding hydrogens is 327 g/mol. The summed E-state index contributed by atoms with van der Waals surface area (Å²) in [6.45, 7) is 2.17. The molecule has 1 atom stereocenters. The first-order valence-corrected chi connectivity index (χ1v) is 8.22. The maximum Gasteiger partial charge on any atom is 0.318 e. The predicted molar refractivity (Wildman–Crippen MR) is 81.2 cm³/mol. The van der Waals surface area contributed by atoms with E-state index in [-0.39, 0.29) is 12.6 Å². The minimum atomic E-state index is -4.14. The predicted octanol–water partition coefficient (Wildman–Crippen LogP) is 1.11. The third-order valence-corrected chi connectivity index (χ3v) is 3.44. The number of allylic oxidation sites excluding steroid dienone is 2. The number of methoxy groups -OCH3 is 1. The number of rotatable bonds is 6. The topological polar surface area (TPSA) is 116 Å². The highest BCUT2D eigenvalue weighted by atomic mass is 32.2. The summed E-state index contributed by atoms with van der Waals surface area (Å²) >= 11 is 0. The van der Waals surface area contributed by atoms with Crippen molar-refractivity contribution in [1.29, 1.82) is 0 Å². The van der Waals surface area contributed by atoms with Crippen LogP contribution < -0.4 is 14.6 Å². The number of nitrogens with one attached hydrogen (secondary N) is 1. The molecule has 0 aliphatic heterocycles. The van der Waals surface area contributed by atoms with Crippen LogP contribution in [0.25, 0.3) is 0 Å². The van der Waals surface area contributed by atoms with E-state index >= 15 is 0 Å². The quantitative estimate of drug-likeness (QED) is 0.798. The largest absolute Gasteiger partial charge is 0.501 e. The zero-order chi connectivity index (χ0) is 17.0. The average Bonchev–Trinajstić information content (AvgIpc) is 2.46. The SMILES string of the molecule is COC1=CC(COc2ncc(F)c(NS(N)(=O)=O)n2)=C[C@H](C)C1. The lowest BCUT2D eigenvalue weighted by Crippen LogP contribution is -2.23. The average molecular weight is 344 g/mol. The molecule has 0 aromatic carbocycles. The van der Waals surface area contributed by atoms with E-state index in [1.807, 2.05) is 19.1 Å². The molecule has 8 nitrogen and oxygen atoms in total. The number of nitrogens with two attached hydrogens (primary N) is 1. The Balaban J connectivity index is 2.09. The monoisotopic (exact) mass is 344 g/mol. The normalized spacial score (nSPS) is 18.0. The molecule has 0 amide bonds. The molecule has 1 aliphatic rings. The molecule has 1 aromatic heterocycles. The third-order valence-electron chi connectivity index (χ3n) is 2.96. The summed E-state index contributed by atoms with van der Waals surface area (Å²) in [4.78, 5) is 7.29. The van der Waals surface area contributed by atoms with E-state index < -0.39 is 21.8 Å². The second-order valence-electron chi connectivity index (χ2n) is 5.02. The molecule has 0 fully saturated rings. The van der Waals surface area contributed by atoms with Gasteiger partial charge < -0.3 is 9.47 Å². The van der Waals surface area contributed by atoms with Gasteiger partial charge in [0.1, 0.15) is 6.61 Å². The van der Waals surface area contributed by atoms with Gasteiger partial charge in [-0.2, -0.15) is 13.4 Å². The van der Waals surface area contributed by atoms with Gasteiger partial charge in [-0.25, -0.2) is 14.5 Å². The molecule has 1 aromatic rings. The van der Waals surface area contributed by atoms with Crippen molar-refractivity contribution in [1.82, 2.24) is 9.97 Å². The first-order chi connectivity index (χ1) is 10.8. The van der Waals surface area contributed by atoms with Crippen LogP contribution in [0.2, 0.25) is 0 Å². The van der Waals surface area contributed by atoms with Gasteiger partial charge in [0.2, 0.25) is 0 Å². The van der Waals surface area contributed by atoms with Crippen LogP contribution in [0.3, 0.4) is 0 Å². The Morgan fingerprint density at radius 2 is 2.26 bits per heavy atom. The number of hydrogen-bond donors (Lipinski definition) is 2. The van der Waals surface area contributed by atoms with Gasteiger partial charge in [0.15, 0.2) is 11.6 Å². The summed E-state index contributed by atoms with van der Waals surface area (Å²) in [7, 11) is -2.55. The Morgan fingerprint density at radius 3 is 2.91 bits per heavy atom. The van der Waals surface area contributed by atoms with E-state index in [0.29, 0.717) is 5.92 Å². The van der Waals surface area contributed by atoms with Gasteiger partial charge in [-0.05, 0) is 17.6 Å². The maximum absolute atomic E-state index is 13.4. The highest BCUT2D eigenvalue weighted by Gasteiger charge is 2.15. The lowest BCUT2D eigenvalue weighted by atomic mass is 9.97. The molecule has 0 saturated heterocycles. The van der Waals surface area contributed by atoms with Crippen molar-refractivity contribution in [2.75, 3.05) is 18.4 Å². The number of aromatic nitrogens is 2. The smallest absolute Gasteiger partial charge is 0.318 e. The summed E-state index contributed by atoms with van der Waals surface area (Å²) in [6, 6.07) is -0.177. The Kier molecular flexibility index (Phi) is 5.16. The van der Waals surface area contributed by atoms with Gasteiger partial charge in [-0.15, -0.1) is 0 Å². The molecule has 0 unspecified atom stereocenters. The number of hydrogen-bond acceptors (Lipinski definition) is 6. The molecule has 10 heteroatoms.